The zero-order chi connectivity index (χ0) is 109. The summed E-state index contributed by atoms with van der Waals surface area (Å²) >= 11 is 4.81. The molecule has 0 radical (unpaired) electrons. The van der Waals surface area contributed by atoms with Gasteiger partial charge < -0.3 is 128 Å². The van der Waals surface area contributed by atoms with Gasteiger partial charge in [0.05, 0.1) is 25.4 Å². The number of carbonyl (C=O) groups excluding carboxylic acids is 17. The Morgan fingerprint density at radius 3 is 1.48 bits per heavy atom. The van der Waals surface area contributed by atoms with Crippen LogP contribution in [0.4, 0.5) is 0 Å². The van der Waals surface area contributed by atoms with Gasteiger partial charge >= 0.3 is 11.9 Å². The number of benzene rings is 5. The average molecular weight is 2320 g/mol. The molecule has 5 aromatic rings. The summed E-state index contributed by atoms with van der Waals surface area (Å²) in [5.74, 6) is -22.1. The Bertz CT molecular complexity index is 5420. The Morgan fingerprint density at radius 2 is 0.966 bits per heavy atom. The molecule has 1 aliphatic carbocycles. The maximum atomic E-state index is 15.8. The molecular formula is C102H141I2N21O23S. The fraction of sp³-hybridized carbons (Fsp3) is 0.520. The molecule has 1 saturated carbocycles. The second-order valence-electron chi connectivity index (χ2n) is 38.1. The number of halogens is 2. The average Bonchev–Trinajstić information content (AvgIpc) is 0.827. The maximum Gasteiger partial charge on any atom is 0.341 e. The van der Waals surface area contributed by atoms with E-state index in [9.17, 15) is 63.0 Å². The summed E-state index contributed by atoms with van der Waals surface area (Å²) in [4.78, 5) is 281. The van der Waals surface area contributed by atoms with Gasteiger partial charge in [-0.15, -0.1) is 11.8 Å². The number of morpholine rings is 1. The third-order valence-corrected chi connectivity index (χ3v) is 27.8. The standard InChI is InChI=1S/C102H141I2N21O23S/c1-57(2)44-74-92(136)112-72(36-39-107)91(135)116-77(47-60-16-9-7-10-17-60)98(142)123-87(58(3)4)101(145)113-71(24-15-37-105)90(134)122-82(100(144)111-70(35-38-106)88(109)132)55-149-56-84(127)110-81(53-125-40-42-147-43-41-125)99(143)120-76(49-62-27-31-69(32-28-62)148-54-86(130)131)94(138)121-80(52-85(128)129)97(141)119-79(51-64-19-14-23-68(104)46-64)96(140)118-78(50-63-18-13-22-67(103)45-63)95(139)117-75(48-61-25-29-66(30-26-61)65-20-11-8-12-21-65)93(137)114-73(33-34-83(108)126)102(146)124(6)59(5)89(133)115-74/h8,11-14,18-23,25-32,45-46,57-60,70-82,87H,7,9-10,15-17,24,33-44,47-56,105-107H2,1-6H3,(H2,108,126)(H2,109,132)(H,110,127)(H,111,144)(H,112,136)(H,113,145)(H,114,137)(H,115,133)(H,116,135)(H,117,139)(H,118,140)(H,119,141)(H,120,143)(H,121,138)(H,122,134)(H,123,142)(H,128,129)(H,130,131)/t59-,70-,71-,72-,73-,74+,75-,76-,77-,78-,79-,80-,81-,82-,87-/m0/s1. The van der Waals surface area contributed by atoms with Gasteiger partial charge in [-0.3, -0.25) is 91.2 Å². The molecule has 2 aliphatic heterocycles. The van der Waals surface area contributed by atoms with Crippen LogP contribution >= 0.6 is 56.9 Å². The first-order valence-electron chi connectivity index (χ1n) is 49.8. The first-order valence-corrected chi connectivity index (χ1v) is 53.1. The van der Waals surface area contributed by atoms with Gasteiger partial charge in [0.15, 0.2) is 6.61 Å². The van der Waals surface area contributed by atoms with Crippen molar-refractivity contribution in [3.05, 3.63) is 157 Å². The van der Waals surface area contributed by atoms with Crippen LogP contribution in [0.25, 0.3) is 11.1 Å². The highest BCUT2D eigenvalue weighted by Gasteiger charge is 2.42. The summed E-state index contributed by atoms with van der Waals surface area (Å²) < 4.78 is 12.3. The van der Waals surface area contributed by atoms with E-state index < -0.39 is 253 Å². The lowest BCUT2D eigenvalue weighted by Gasteiger charge is -2.32. The van der Waals surface area contributed by atoms with Crippen molar-refractivity contribution in [2.24, 2.45) is 46.4 Å². The van der Waals surface area contributed by atoms with Gasteiger partial charge in [-0.05, 0) is 204 Å². The highest BCUT2D eigenvalue weighted by molar-refractivity contribution is 14.1. The SMILES string of the molecule is CC(C)C[C@H]1NC(=O)[C@H](C)N(C)C(=O)[C@H](CCC(N)=O)NC(=O)[C@H](Cc2ccc(-c3ccccc3)cc2)NC(=O)[C@H](Cc2cccc(I)c2)NC(=O)[C@H](Cc2cccc(I)c2)NC(=O)[C@H](CC(=O)O)NC(=O)[C@H](Cc2ccc(OCC(=O)O)cc2)NC(=O)[C@H](CN2CCOCC2)NC(=O)CSC[C@@H](C(=O)N[C@@H](CCN)C(N)=O)NC(=O)[C@H](CCCN)NC(=O)[C@H](C(C)C)NC(=O)[C@H](CC2CCCCC2)NC(=O)[C@H](CCN)NC1=O. The molecule has 44 nitrogen and oxygen atoms in total. The molecule has 15 atom stereocenters. The van der Waals surface area contributed by atoms with Crippen molar-refractivity contribution in [3.8, 4) is 16.9 Å². The van der Waals surface area contributed by atoms with E-state index in [0.29, 0.717) is 36.7 Å². The van der Waals surface area contributed by atoms with Crippen molar-refractivity contribution in [1.29, 1.82) is 0 Å². The largest absolute Gasteiger partial charge is 0.482 e. The molecule has 0 spiro atoms. The molecule has 2 heterocycles. The first-order chi connectivity index (χ1) is 71.0. The lowest BCUT2D eigenvalue weighted by molar-refractivity contribution is -0.143. The van der Waals surface area contributed by atoms with Gasteiger partial charge in [-0.2, -0.15) is 0 Å². The van der Waals surface area contributed by atoms with E-state index in [2.05, 4.69) is 74.4 Å². The number of carbonyl (C=O) groups is 19. The number of aliphatic carboxylic acids is 2. The number of hydrogen-bond donors (Lipinski definition) is 21. The number of nitrogens with two attached hydrogens (primary N) is 5. The molecule has 5 aromatic carbocycles. The smallest absolute Gasteiger partial charge is 0.341 e. The van der Waals surface area contributed by atoms with E-state index in [1.165, 1.54) is 38.2 Å². The van der Waals surface area contributed by atoms with Crippen molar-refractivity contribution < 1.29 is 111 Å². The summed E-state index contributed by atoms with van der Waals surface area (Å²) in [6.45, 7) is 7.43. The number of nitrogens with zero attached hydrogens (tertiary/aromatic N) is 2. The van der Waals surface area contributed by atoms with Gasteiger partial charge in [0.2, 0.25) is 100 Å². The van der Waals surface area contributed by atoms with Crippen molar-refractivity contribution in [3.63, 3.8) is 0 Å². The molecule has 47 heteroatoms. The van der Waals surface area contributed by atoms with E-state index in [1.54, 1.807) is 105 Å². The van der Waals surface area contributed by atoms with Gasteiger partial charge in [0.25, 0.3) is 0 Å². The van der Waals surface area contributed by atoms with Crippen LogP contribution in [0.1, 0.15) is 147 Å². The molecule has 149 heavy (non-hydrogen) atoms. The first kappa shape index (κ1) is 122. The van der Waals surface area contributed by atoms with Crippen LogP contribution in [-0.4, -0.2) is 301 Å². The monoisotopic (exact) mass is 2310 g/mol. The van der Waals surface area contributed by atoms with Gasteiger partial charge in [-0.1, -0.05) is 151 Å². The summed E-state index contributed by atoms with van der Waals surface area (Å²) in [6.07, 6.45) is -0.399. The maximum absolute atomic E-state index is 15.8. The number of amides is 17. The Morgan fingerprint density at radius 1 is 0.490 bits per heavy atom. The predicted molar refractivity (Wildman–Crippen MR) is 569 cm³/mol. The van der Waals surface area contributed by atoms with Crippen LogP contribution in [0.3, 0.4) is 0 Å². The molecule has 812 valence electrons. The van der Waals surface area contributed by atoms with Crippen LogP contribution in [0, 0.1) is 24.9 Å². The summed E-state index contributed by atoms with van der Waals surface area (Å²) in [6, 6.07) is 11.0. The Hall–Kier alpha value is -12.6. The lowest BCUT2D eigenvalue weighted by atomic mass is 9.84. The summed E-state index contributed by atoms with van der Waals surface area (Å²) in [7, 11) is 1.23. The van der Waals surface area contributed by atoms with Gasteiger partial charge in [0, 0.05) is 71.7 Å². The van der Waals surface area contributed by atoms with Crippen molar-refractivity contribution >= 4 is 169 Å². The number of carboxylic acid groups (broad SMARTS) is 2. The quantitative estimate of drug-likeness (QED) is 0.0227. The number of primary amides is 2. The third-order valence-electron chi connectivity index (χ3n) is 25.4. The topological polar surface area (TPSA) is 688 Å². The number of nitrogens with one attached hydrogen (secondary N) is 14. The number of ether oxygens (including phenoxy) is 2. The van der Waals surface area contributed by atoms with E-state index in [0.717, 1.165) is 47.1 Å². The number of carboxylic acids is 2. The number of thioether (sulfide) groups is 1. The highest BCUT2D eigenvalue weighted by atomic mass is 127. The van der Waals surface area contributed by atoms with E-state index in [4.69, 9.17) is 38.1 Å². The highest BCUT2D eigenvalue weighted by Crippen LogP contribution is 2.29. The minimum Gasteiger partial charge on any atom is -0.482 e. The summed E-state index contributed by atoms with van der Waals surface area (Å²) in [5, 5.41) is 57.7. The molecule has 2 saturated heterocycles. The molecule has 0 aromatic heterocycles. The second kappa shape index (κ2) is 62.2. The Balaban J connectivity index is 1.25. The van der Waals surface area contributed by atoms with E-state index in [1.807, 2.05) is 75.5 Å². The normalized spacial score (nSPS) is 23.6. The fourth-order valence-electron chi connectivity index (χ4n) is 17.1. The van der Waals surface area contributed by atoms with Crippen LogP contribution in [0.2, 0.25) is 0 Å². The Kier molecular flexibility index (Phi) is 50.8. The number of hydrogen-bond acceptors (Lipinski definition) is 26. The molecule has 0 bridgehead atoms. The van der Waals surface area contributed by atoms with E-state index in [-0.39, 0.29) is 133 Å². The van der Waals surface area contributed by atoms with Gasteiger partial charge in [0.1, 0.15) is 96.4 Å². The van der Waals surface area contributed by atoms with Crippen molar-refractivity contribution in [2.45, 2.75) is 241 Å². The Labute approximate surface area is 896 Å². The third kappa shape index (κ3) is 41.4. The minimum atomic E-state index is -2.12. The fourth-order valence-corrected chi connectivity index (χ4v) is 19.2. The second-order valence-corrected chi connectivity index (χ2v) is 41.6. The van der Waals surface area contributed by atoms with Gasteiger partial charge in [-0.25, -0.2) is 4.79 Å². The zero-order valence-electron chi connectivity index (χ0n) is 84.4. The number of rotatable bonds is 34. The van der Waals surface area contributed by atoms with Crippen LogP contribution < -0.4 is 108 Å². The number of likely N-dealkylation sites (N-methyl/N-ethyl adjacent to an activating group) is 1. The minimum absolute atomic E-state index is 0.0243. The molecule has 0 unspecified atom stereocenters. The summed E-state index contributed by atoms with van der Waals surface area (Å²) in [5.41, 5.74) is 32.6. The van der Waals surface area contributed by atoms with Crippen LogP contribution in [0.5, 0.6) is 5.75 Å². The van der Waals surface area contributed by atoms with Crippen molar-refractivity contribution in [2.75, 3.05) is 77.6 Å². The molecule has 26 N–H and O–H groups in total. The molecular weight excluding hydrogens is 2170 g/mol. The van der Waals surface area contributed by atoms with E-state index >= 15 is 38.4 Å². The molecule has 8 rings (SSSR count). The van der Waals surface area contributed by atoms with Crippen LogP contribution in [0.15, 0.2) is 127 Å². The molecule has 17 amide bonds. The molecule has 3 aliphatic rings. The predicted octanol–water partition coefficient (Wildman–Crippen LogP) is -0.656. The molecule has 3 fully saturated rings. The zero-order valence-corrected chi connectivity index (χ0v) is 89.6. The lowest BCUT2D eigenvalue weighted by Crippen LogP contribution is -2.62. The van der Waals surface area contributed by atoms with Crippen LogP contribution in [-0.2, 0) is 122 Å². The van der Waals surface area contributed by atoms with Crippen molar-refractivity contribution in [1.82, 2.24) is 84.2 Å².